The summed E-state index contributed by atoms with van der Waals surface area (Å²) in [5, 5.41) is 14.5. The zero-order chi connectivity index (χ0) is 37.3. The summed E-state index contributed by atoms with van der Waals surface area (Å²) in [6, 6.07) is 19.1. The van der Waals surface area contributed by atoms with Crippen LogP contribution in [0.3, 0.4) is 0 Å². The van der Waals surface area contributed by atoms with Gasteiger partial charge in [0.25, 0.3) is 11.8 Å². The second-order valence-electron chi connectivity index (χ2n) is 13.6. The summed E-state index contributed by atoms with van der Waals surface area (Å²) in [6.07, 6.45) is 2.41. The zero-order valence-electron chi connectivity index (χ0n) is 28.3. The molecule has 2 N–H and O–H groups in total. The molecule has 1 aromatic heterocycles. The molecule has 1 saturated carbocycles. The van der Waals surface area contributed by atoms with Crippen molar-refractivity contribution in [3.05, 3.63) is 113 Å². The van der Waals surface area contributed by atoms with E-state index < -0.39 is 46.8 Å². The van der Waals surface area contributed by atoms with Crippen LogP contribution in [-0.2, 0) is 31.1 Å². The molecule has 14 heteroatoms. The summed E-state index contributed by atoms with van der Waals surface area (Å²) in [5.41, 5.74) is 3.72. The van der Waals surface area contributed by atoms with Crippen molar-refractivity contribution in [2.24, 2.45) is 23.7 Å². The molecule has 0 bridgehead atoms. The highest BCUT2D eigenvalue weighted by Crippen LogP contribution is 2.64. The van der Waals surface area contributed by atoms with Gasteiger partial charge in [-0.1, -0.05) is 53.1 Å². The number of amides is 4. The van der Waals surface area contributed by atoms with Gasteiger partial charge in [-0.05, 0) is 106 Å². The molecule has 0 radical (unpaired) electrons. The molecular formula is C39H32Cl2IN3O7S. The van der Waals surface area contributed by atoms with Gasteiger partial charge in [0.2, 0.25) is 11.8 Å². The maximum absolute atomic E-state index is 15.5. The number of carbonyl (C=O) groups excluding carboxylic acids is 4. The van der Waals surface area contributed by atoms with Gasteiger partial charge >= 0.3 is 0 Å². The van der Waals surface area contributed by atoms with Crippen molar-refractivity contribution >= 4 is 86.4 Å². The number of hydrazine groups is 1. The Bertz CT molecular complexity index is 2210. The van der Waals surface area contributed by atoms with E-state index in [0.29, 0.717) is 37.6 Å². The maximum atomic E-state index is 15.5. The smallest absolute Gasteiger partial charge is 0.260 e. The lowest BCUT2D eigenvalue weighted by Gasteiger charge is -2.50. The second kappa shape index (κ2) is 13.6. The van der Waals surface area contributed by atoms with Gasteiger partial charge in [0.05, 0.1) is 58.2 Å². The van der Waals surface area contributed by atoms with Gasteiger partial charge < -0.3 is 14.6 Å². The van der Waals surface area contributed by atoms with Crippen LogP contribution in [0.25, 0.3) is 0 Å². The summed E-state index contributed by atoms with van der Waals surface area (Å²) in [5.74, 6) is -4.53. The average molecular weight is 885 g/mol. The van der Waals surface area contributed by atoms with Gasteiger partial charge in [-0.2, -0.15) is 5.01 Å². The third-order valence-electron chi connectivity index (χ3n) is 11.2. The number of anilines is 1. The van der Waals surface area contributed by atoms with Crippen LogP contribution >= 0.6 is 57.1 Å². The van der Waals surface area contributed by atoms with Crippen molar-refractivity contribution < 1.29 is 33.8 Å². The highest BCUT2D eigenvalue weighted by molar-refractivity contribution is 14.1. The zero-order valence-corrected chi connectivity index (χ0v) is 32.8. The number of aromatic hydroxyl groups is 1. The fraction of sp³-hybridized carbons (Fsp3) is 0.282. The molecule has 2 saturated heterocycles. The van der Waals surface area contributed by atoms with Gasteiger partial charge in [-0.3, -0.25) is 29.5 Å². The molecule has 2 aliphatic carbocycles. The first-order valence-corrected chi connectivity index (χ1v) is 19.6. The Hall–Kier alpha value is -4.11. The predicted octanol–water partition coefficient (Wildman–Crippen LogP) is 7.57. The third kappa shape index (κ3) is 5.54. The van der Waals surface area contributed by atoms with E-state index in [0.717, 1.165) is 15.5 Å². The molecule has 4 amide bonds. The molecule has 4 aliphatic rings. The molecule has 3 aromatic carbocycles. The number of rotatable bonds is 8. The molecule has 272 valence electrons. The second-order valence-corrected chi connectivity index (χ2v) is 16.6. The van der Waals surface area contributed by atoms with E-state index >= 15 is 4.79 Å². The number of fused-ring (bicyclic) bond motifs is 4. The van der Waals surface area contributed by atoms with Crippen molar-refractivity contribution in [1.82, 2.24) is 9.91 Å². The van der Waals surface area contributed by atoms with Crippen molar-refractivity contribution in [1.29, 1.82) is 0 Å². The molecule has 6 atom stereocenters. The van der Waals surface area contributed by atoms with Gasteiger partial charge in [0.1, 0.15) is 5.75 Å². The summed E-state index contributed by atoms with van der Waals surface area (Å²) in [4.78, 5) is 61.0. The SMILES string of the molecule is COc1ccc(C23C(=O)N(Nc4ccc(Cl)cc4Cl)C(=O)C2CC2C(=CCC4C(=O)N(Cc5cccs5)C(=O)C42)C3c2cc(I)c(O)c(OC)c2)cc1. The Morgan fingerprint density at radius 1 is 0.962 bits per heavy atom. The maximum Gasteiger partial charge on any atom is 0.260 e. The first-order chi connectivity index (χ1) is 25.5. The summed E-state index contributed by atoms with van der Waals surface area (Å²) in [7, 11) is 2.99. The minimum atomic E-state index is -1.54. The number of phenols is 1. The number of halogens is 3. The number of carbonyl (C=O) groups is 4. The number of nitrogens with one attached hydrogen (secondary N) is 1. The number of likely N-dealkylation sites (tertiary alicyclic amines) is 1. The Kier molecular flexibility index (Phi) is 9.23. The number of ether oxygens (including phenoxy) is 2. The van der Waals surface area contributed by atoms with E-state index in [1.165, 1.54) is 29.4 Å². The number of methoxy groups -OCH3 is 2. The molecule has 6 unspecified atom stereocenters. The number of hydrogen-bond donors (Lipinski definition) is 2. The molecular weight excluding hydrogens is 852 g/mol. The highest BCUT2D eigenvalue weighted by atomic mass is 127. The number of hydrogen-bond acceptors (Lipinski definition) is 9. The Morgan fingerprint density at radius 2 is 1.74 bits per heavy atom. The minimum Gasteiger partial charge on any atom is -0.504 e. The topological polar surface area (TPSA) is 125 Å². The van der Waals surface area contributed by atoms with E-state index in [9.17, 15) is 19.5 Å². The molecule has 8 rings (SSSR count). The first kappa shape index (κ1) is 35.9. The molecule has 0 spiro atoms. The van der Waals surface area contributed by atoms with Crippen LogP contribution in [-0.4, -0.2) is 52.9 Å². The third-order valence-corrected chi connectivity index (χ3v) is 13.4. The number of allylic oxidation sites excluding steroid dienone is 2. The number of benzene rings is 3. The predicted molar refractivity (Wildman–Crippen MR) is 208 cm³/mol. The summed E-state index contributed by atoms with van der Waals surface area (Å²) >= 11 is 16.2. The monoisotopic (exact) mass is 883 g/mol. The lowest BCUT2D eigenvalue weighted by molar-refractivity contribution is -0.141. The Morgan fingerprint density at radius 3 is 2.42 bits per heavy atom. The molecule has 4 aromatic rings. The standard InChI is InChI=1S/C39H32Cl2IN3O7S/c1-51-22-8-5-20(6-9-22)39-27(36(48)45(38(39)50)43-30-12-7-21(40)16-28(30)41)17-26-24(33(39)19-14-29(42)34(46)31(15-19)52-2)10-11-25-32(26)37(49)44(35(25)47)18-23-4-3-13-53-23/h3-10,12-16,25-27,32-33,43,46H,11,17-18H2,1-2H3. The number of imide groups is 2. The Balaban J connectivity index is 1.34. The van der Waals surface area contributed by atoms with Gasteiger partial charge in [0.15, 0.2) is 11.5 Å². The van der Waals surface area contributed by atoms with E-state index in [1.54, 1.807) is 55.6 Å². The lowest BCUT2D eigenvalue weighted by Crippen LogP contribution is -2.53. The molecule has 3 fully saturated rings. The highest BCUT2D eigenvalue weighted by Gasteiger charge is 2.70. The molecule has 53 heavy (non-hydrogen) atoms. The van der Waals surface area contributed by atoms with Crippen molar-refractivity contribution in [3.63, 3.8) is 0 Å². The largest absolute Gasteiger partial charge is 0.504 e. The van der Waals surface area contributed by atoms with Crippen LogP contribution in [0.4, 0.5) is 5.69 Å². The van der Waals surface area contributed by atoms with Crippen LogP contribution < -0.4 is 14.9 Å². The van der Waals surface area contributed by atoms with E-state index in [1.807, 2.05) is 46.2 Å². The number of nitrogens with zero attached hydrogens (tertiary/aromatic N) is 2. The average Bonchev–Trinajstić information content (AvgIpc) is 3.82. The molecule has 2 aliphatic heterocycles. The van der Waals surface area contributed by atoms with Crippen molar-refractivity contribution in [2.75, 3.05) is 19.6 Å². The van der Waals surface area contributed by atoms with Gasteiger partial charge in [-0.25, -0.2) is 0 Å². The van der Waals surface area contributed by atoms with Crippen LogP contribution in [0, 0.1) is 27.2 Å². The van der Waals surface area contributed by atoms with E-state index in [4.69, 9.17) is 32.7 Å². The normalized spacial score (nSPS) is 26.3. The van der Waals surface area contributed by atoms with Gasteiger partial charge in [-0.15, -0.1) is 11.3 Å². The van der Waals surface area contributed by atoms with Crippen LogP contribution in [0.1, 0.15) is 34.8 Å². The minimum absolute atomic E-state index is 0.0628. The quantitative estimate of drug-likeness (QED) is 0.106. The summed E-state index contributed by atoms with van der Waals surface area (Å²) in [6.45, 7) is 0.178. The number of thiophene rings is 1. The fourth-order valence-electron chi connectivity index (χ4n) is 8.91. The van der Waals surface area contributed by atoms with Crippen LogP contribution in [0.15, 0.2) is 83.8 Å². The van der Waals surface area contributed by atoms with Crippen LogP contribution in [0.5, 0.6) is 17.2 Å². The molecule has 10 nitrogen and oxygen atoms in total. The van der Waals surface area contributed by atoms with Crippen LogP contribution in [0.2, 0.25) is 10.0 Å². The number of phenolic OH excluding ortho intramolecular Hbond substituents is 1. The van der Waals surface area contributed by atoms with Crippen molar-refractivity contribution in [3.8, 4) is 17.2 Å². The lowest BCUT2D eigenvalue weighted by atomic mass is 9.49. The van der Waals surface area contributed by atoms with Crippen molar-refractivity contribution in [2.45, 2.75) is 30.7 Å². The van der Waals surface area contributed by atoms with E-state index in [2.05, 4.69) is 5.43 Å². The van der Waals surface area contributed by atoms with E-state index in [-0.39, 0.29) is 41.3 Å². The first-order valence-electron chi connectivity index (χ1n) is 16.9. The fourth-order valence-corrected chi connectivity index (χ4v) is 10.7. The summed E-state index contributed by atoms with van der Waals surface area (Å²) < 4.78 is 11.6. The molecule has 3 heterocycles. The Labute approximate surface area is 332 Å². The van der Waals surface area contributed by atoms with Gasteiger partial charge in [0, 0.05) is 15.8 Å².